The summed E-state index contributed by atoms with van der Waals surface area (Å²) in [6.07, 6.45) is 4.26. The summed E-state index contributed by atoms with van der Waals surface area (Å²) in [5, 5.41) is 0. The van der Waals surface area contributed by atoms with Crippen molar-refractivity contribution in [3.05, 3.63) is 113 Å². The molecule has 0 saturated carbocycles. The second-order valence-electron chi connectivity index (χ2n) is 8.61. The Hall–Kier alpha value is -3.46. The highest BCUT2D eigenvalue weighted by Gasteiger charge is 2.55. The number of carbonyl (C=O) groups is 2. The van der Waals surface area contributed by atoms with Crippen molar-refractivity contribution in [2.45, 2.75) is 25.7 Å². The summed E-state index contributed by atoms with van der Waals surface area (Å²) in [4.78, 5) is 29.1. The van der Waals surface area contributed by atoms with Crippen molar-refractivity contribution in [3.8, 4) is 0 Å². The van der Waals surface area contributed by atoms with Gasteiger partial charge in [-0.2, -0.15) is 0 Å². The third-order valence-electron chi connectivity index (χ3n) is 6.67. The summed E-state index contributed by atoms with van der Waals surface area (Å²) >= 11 is 0. The first-order chi connectivity index (χ1) is 15.1. The quantitative estimate of drug-likeness (QED) is 0.422. The maximum absolute atomic E-state index is 13.8. The lowest BCUT2D eigenvalue weighted by molar-refractivity contribution is -0.122. The van der Waals surface area contributed by atoms with Gasteiger partial charge in [0.1, 0.15) is 0 Å². The molecule has 0 radical (unpaired) electrons. The Morgan fingerprint density at radius 2 is 1.13 bits per heavy atom. The summed E-state index contributed by atoms with van der Waals surface area (Å²) in [7, 11) is 0. The molecular weight excluding hydrogens is 382 g/mol. The van der Waals surface area contributed by atoms with E-state index in [4.69, 9.17) is 0 Å². The lowest BCUT2D eigenvalue weighted by Crippen LogP contribution is -2.32. The topological polar surface area (TPSA) is 37.4 Å². The molecule has 0 bridgehead atoms. The Morgan fingerprint density at radius 1 is 0.645 bits per heavy atom. The largest absolute Gasteiger partial charge is 0.274 e. The van der Waals surface area contributed by atoms with Crippen LogP contribution in [0.2, 0.25) is 0 Å². The van der Waals surface area contributed by atoms with E-state index in [1.165, 1.54) is 4.90 Å². The van der Waals surface area contributed by atoms with Gasteiger partial charge in [0.2, 0.25) is 11.8 Å². The van der Waals surface area contributed by atoms with E-state index in [0.29, 0.717) is 5.69 Å². The number of nitrogens with zero attached hydrogens (tertiary/aromatic N) is 1. The predicted molar refractivity (Wildman–Crippen MR) is 123 cm³/mol. The van der Waals surface area contributed by atoms with Crippen LogP contribution in [-0.2, 0) is 9.59 Å². The van der Waals surface area contributed by atoms with Crippen LogP contribution in [-0.4, -0.2) is 11.8 Å². The average Bonchev–Trinajstić information content (AvgIpc) is 3.07. The van der Waals surface area contributed by atoms with E-state index in [0.717, 1.165) is 22.3 Å². The Balaban J connectivity index is 1.65. The Bertz CT molecular complexity index is 1100. The molecule has 2 aliphatic rings. The third kappa shape index (κ3) is 3.21. The van der Waals surface area contributed by atoms with E-state index < -0.39 is 11.8 Å². The minimum Gasteiger partial charge on any atom is -0.274 e. The smallest absolute Gasteiger partial charge is 0.238 e. The molecular formula is C28H25NO2. The Labute approximate surface area is 183 Å². The molecule has 0 unspecified atom stereocenters. The van der Waals surface area contributed by atoms with Crippen molar-refractivity contribution in [2.75, 3.05) is 4.90 Å². The molecule has 1 fully saturated rings. The molecule has 3 nitrogen and oxygen atoms in total. The van der Waals surface area contributed by atoms with Gasteiger partial charge in [0, 0.05) is 11.8 Å². The molecule has 154 valence electrons. The van der Waals surface area contributed by atoms with Crippen molar-refractivity contribution in [2.24, 2.45) is 11.8 Å². The van der Waals surface area contributed by atoms with E-state index in [9.17, 15) is 9.59 Å². The molecule has 1 saturated heterocycles. The van der Waals surface area contributed by atoms with Gasteiger partial charge in [-0.1, -0.05) is 84.9 Å². The lowest BCUT2D eigenvalue weighted by atomic mass is 9.68. The van der Waals surface area contributed by atoms with Gasteiger partial charge in [-0.05, 0) is 42.2 Å². The average molecular weight is 408 g/mol. The van der Waals surface area contributed by atoms with Crippen LogP contribution >= 0.6 is 0 Å². The molecule has 31 heavy (non-hydrogen) atoms. The highest BCUT2D eigenvalue weighted by molar-refractivity contribution is 6.23. The highest BCUT2D eigenvalue weighted by atomic mass is 16.2. The van der Waals surface area contributed by atoms with Gasteiger partial charge in [-0.25, -0.2) is 4.90 Å². The van der Waals surface area contributed by atoms with Crippen molar-refractivity contribution in [1.29, 1.82) is 0 Å². The summed E-state index contributed by atoms with van der Waals surface area (Å²) in [6, 6.07) is 26.1. The molecule has 0 N–H and O–H groups in total. The van der Waals surface area contributed by atoms with Crippen LogP contribution in [0.1, 0.15) is 34.1 Å². The molecule has 5 rings (SSSR count). The molecule has 1 heterocycles. The van der Waals surface area contributed by atoms with E-state index in [2.05, 4.69) is 12.2 Å². The molecule has 3 aromatic carbocycles. The van der Waals surface area contributed by atoms with E-state index in [-0.39, 0.29) is 23.7 Å². The summed E-state index contributed by atoms with van der Waals surface area (Å²) in [5.74, 6) is -1.24. The maximum atomic E-state index is 13.8. The number of carbonyl (C=O) groups excluding carboxylic acids is 2. The second kappa shape index (κ2) is 7.66. The third-order valence-corrected chi connectivity index (χ3v) is 6.67. The summed E-state index contributed by atoms with van der Waals surface area (Å²) < 4.78 is 0. The number of imide groups is 1. The normalized spacial score (nSPS) is 25.0. The zero-order chi connectivity index (χ0) is 21.5. The number of hydrogen-bond acceptors (Lipinski definition) is 2. The van der Waals surface area contributed by atoms with E-state index >= 15 is 0 Å². The van der Waals surface area contributed by atoms with Gasteiger partial charge >= 0.3 is 0 Å². The number of amides is 2. The first-order valence-electron chi connectivity index (χ1n) is 10.8. The number of benzene rings is 3. The highest BCUT2D eigenvalue weighted by Crippen LogP contribution is 2.50. The molecule has 3 heteroatoms. The van der Waals surface area contributed by atoms with Gasteiger partial charge in [-0.15, -0.1) is 0 Å². The fourth-order valence-electron chi connectivity index (χ4n) is 5.13. The zero-order valence-corrected chi connectivity index (χ0v) is 17.7. The Morgan fingerprint density at radius 3 is 1.61 bits per heavy atom. The number of fused-ring (bicyclic) bond motifs is 1. The van der Waals surface area contributed by atoms with Gasteiger partial charge in [-0.3, -0.25) is 9.59 Å². The monoisotopic (exact) mass is 407 g/mol. The predicted octanol–water partition coefficient (Wildman–Crippen LogP) is 5.55. The van der Waals surface area contributed by atoms with Crippen molar-refractivity contribution >= 4 is 17.5 Å². The standard InChI is InChI=1S/C28H25NO2/c1-18-13-14-19(2)24(17-18)29-27(30)25-22(20-9-5-3-6-10-20)15-16-23(26(25)28(29)31)21-11-7-4-8-12-21/h3-17,22-23,25-26H,1-2H3/t22-,23-,25-,26-/m1/s1. The number of rotatable bonds is 3. The first kappa shape index (κ1) is 19.5. The van der Waals surface area contributed by atoms with Crippen molar-refractivity contribution in [1.82, 2.24) is 0 Å². The van der Waals surface area contributed by atoms with Gasteiger partial charge in [0.15, 0.2) is 0 Å². The lowest BCUT2D eigenvalue weighted by Gasteiger charge is -2.32. The van der Waals surface area contributed by atoms with E-state index in [1.807, 2.05) is 92.7 Å². The Kier molecular flexibility index (Phi) is 4.82. The van der Waals surface area contributed by atoms with Crippen LogP contribution in [0.25, 0.3) is 0 Å². The van der Waals surface area contributed by atoms with Gasteiger partial charge in [0.25, 0.3) is 0 Å². The van der Waals surface area contributed by atoms with Crippen LogP contribution in [0.5, 0.6) is 0 Å². The molecule has 3 aromatic rings. The van der Waals surface area contributed by atoms with Crippen LogP contribution in [0.4, 0.5) is 5.69 Å². The molecule has 0 spiro atoms. The van der Waals surface area contributed by atoms with Gasteiger partial charge < -0.3 is 0 Å². The molecule has 1 aliphatic heterocycles. The number of anilines is 1. The number of hydrogen-bond donors (Lipinski definition) is 0. The second-order valence-corrected chi connectivity index (χ2v) is 8.61. The minimum absolute atomic E-state index is 0.0946. The number of aryl methyl sites for hydroxylation is 2. The SMILES string of the molecule is Cc1ccc(C)c(N2C(=O)[C@H]3[C@H](C2=O)[C@@H](c2ccccc2)C=C[C@@H]3c2ccccc2)c1. The fraction of sp³-hybridized carbons (Fsp3) is 0.214. The molecule has 1 aliphatic carbocycles. The fourth-order valence-corrected chi connectivity index (χ4v) is 5.13. The molecule has 4 atom stereocenters. The summed E-state index contributed by atoms with van der Waals surface area (Å²) in [5.41, 5.74) is 4.83. The minimum atomic E-state index is -0.412. The molecule has 2 amide bonds. The van der Waals surface area contributed by atoms with Crippen LogP contribution in [0.15, 0.2) is 91.0 Å². The van der Waals surface area contributed by atoms with Crippen LogP contribution in [0, 0.1) is 25.7 Å². The van der Waals surface area contributed by atoms with Gasteiger partial charge in [0.05, 0.1) is 17.5 Å². The van der Waals surface area contributed by atoms with Crippen LogP contribution in [0.3, 0.4) is 0 Å². The number of allylic oxidation sites excluding steroid dienone is 2. The summed E-state index contributed by atoms with van der Waals surface area (Å²) in [6.45, 7) is 3.95. The zero-order valence-electron chi connectivity index (χ0n) is 17.7. The van der Waals surface area contributed by atoms with Crippen molar-refractivity contribution in [3.63, 3.8) is 0 Å². The van der Waals surface area contributed by atoms with E-state index in [1.54, 1.807) is 0 Å². The van der Waals surface area contributed by atoms with Crippen LogP contribution < -0.4 is 4.90 Å². The maximum Gasteiger partial charge on any atom is 0.238 e. The first-order valence-corrected chi connectivity index (χ1v) is 10.8. The van der Waals surface area contributed by atoms with Crippen molar-refractivity contribution < 1.29 is 9.59 Å². The molecule has 0 aromatic heterocycles.